The van der Waals surface area contributed by atoms with Crippen LogP contribution in [0.1, 0.15) is 139 Å². The molecule has 6 fully saturated rings. The monoisotopic (exact) mass is 713 g/mol. The zero-order valence-electron chi connectivity index (χ0n) is 32.5. The first kappa shape index (κ1) is 38.2. The minimum Gasteiger partial charge on any atom is -0.616 e. The van der Waals surface area contributed by atoms with Crippen LogP contribution in [0.4, 0.5) is 0 Å². The standard InChI is InChI=1S/C42H67NO6S/c1-27(2)28-12-17-42(24-33(44)43-20-22-50(48)23-21-43)19-18-40(8)29(36(28)42)10-11-31-39(7)15-14-32(38(5,6)30(39)13-16-41(31,40)9)49-35(47)26-37(3,4)25-34(45)46/h28-32,36H,1,10-26H2,2-9H3,(H,45,46)/t28-,29+,30-,31+,32-,36+,39-,40+,41+,42+/m0/s1. The number of ether oxygens (including phenoxy) is 1. The Morgan fingerprint density at radius 3 is 2.20 bits per heavy atom. The van der Waals surface area contributed by atoms with E-state index < -0.39 is 22.6 Å². The van der Waals surface area contributed by atoms with E-state index in [2.05, 4.69) is 48.1 Å². The number of hydrogen-bond acceptors (Lipinski definition) is 5. The molecule has 1 N–H and O–H groups in total. The van der Waals surface area contributed by atoms with Crippen LogP contribution < -0.4 is 0 Å². The fourth-order valence-corrected chi connectivity index (χ4v) is 15.2. The molecular weight excluding hydrogens is 647 g/mol. The van der Waals surface area contributed by atoms with E-state index in [9.17, 15) is 24.0 Å². The van der Waals surface area contributed by atoms with Gasteiger partial charge in [-0.05, 0) is 128 Å². The third-order valence-corrected chi connectivity index (χ3v) is 18.0. The Morgan fingerprint density at radius 2 is 1.56 bits per heavy atom. The maximum absolute atomic E-state index is 13.9. The van der Waals surface area contributed by atoms with Crippen LogP contribution in [0.2, 0.25) is 0 Å². The summed E-state index contributed by atoms with van der Waals surface area (Å²) in [4.78, 5) is 40.5. The molecule has 0 unspecified atom stereocenters. The number of aliphatic carboxylic acids is 1. The molecule has 10 atom stereocenters. The van der Waals surface area contributed by atoms with Crippen molar-refractivity contribution in [2.24, 2.45) is 62.1 Å². The Hall–Kier alpha value is -1.54. The Labute approximate surface area is 305 Å². The summed E-state index contributed by atoms with van der Waals surface area (Å²) < 4.78 is 18.3. The summed E-state index contributed by atoms with van der Waals surface area (Å²) in [5.74, 6) is 2.92. The van der Waals surface area contributed by atoms with Gasteiger partial charge in [-0.25, -0.2) is 0 Å². The molecule has 1 saturated heterocycles. The number of esters is 1. The van der Waals surface area contributed by atoms with Gasteiger partial charge in [0.25, 0.3) is 0 Å². The summed E-state index contributed by atoms with van der Waals surface area (Å²) in [5, 5.41) is 9.34. The van der Waals surface area contributed by atoms with E-state index in [1.165, 1.54) is 31.3 Å². The number of carboxylic acids is 1. The SMILES string of the molecule is C=C(C)[C@@H]1CC[C@]2(CC(=O)N3CC[S+]([O-])CC3)CC[C@]3(C)[C@H](CC[C@@H]4[C@@]5(C)CC[C@H](OC(=O)CC(C)(C)CC(=O)O)C(C)(C)[C@@H]5CC[C@]43C)[C@@H]12. The zero-order chi connectivity index (χ0) is 36.7. The molecule has 50 heavy (non-hydrogen) atoms. The fraction of sp³-hybridized carbons (Fsp3) is 0.881. The summed E-state index contributed by atoms with van der Waals surface area (Å²) in [6, 6.07) is 0. The summed E-state index contributed by atoms with van der Waals surface area (Å²) in [6.45, 7) is 24.2. The highest BCUT2D eigenvalue weighted by Gasteiger charge is 2.71. The van der Waals surface area contributed by atoms with Crippen molar-refractivity contribution in [1.29, 1.82) is 0 Å². The number of hydrogen-bond donors (Lipinski definition) is 1. The number of fused-ring (bicyclic) bond motifs is 7. The summed E-state index contributed by atoms with van der Waals surface area (Å²) >= 11 is -0.790. The molecule has 0 radical (unpaired) electrons. The topological polar surface area (TPSA) is 107 Å². The predicted molar refractivity (Wildman–Crippen MR) is 199 cm³/mol. The lowest BCUT2D eigenvalue weighted by atomic mass is 9.32. The third kappa shape index (κ3) is 6.20. The number of nitrogens with zero attached hydrogens (tertiary/aromatic N) is 1. The molecule has 1 heterocycles. The third-order valence-electron chi connectivity index (χ3n) is 16.7. The van der Waals surface area contributed by atoms with Crippen molar-refractivity contribution in [1.82, 2.24) is 4.90 Å². The van der Waals surface area contributed by atoms with Crippen LogP contribution in [0.5, 0.6) is 0 Å². The number of allylic oxidation sites excluding steroid dienone is 1. The highest BCUT2D eigenvalue weighted by atomic mass is 32.2. The van der Waals surface area contributed by atoms with Crippen LogP contribution in [-0.2, 0) is 30.3 Å². The molecule has 8 heteroatoms. The number of amides is 1. The second kappa shape index (κ2) is 13.1. The van der Waals surface area contributed by atoms with E-state index in [4.69, 9.17) is 4.74 Å². The molecule has 0 aromatic carbocycles. The van der Waals surface area contributed by atoms with Crippen LogP contribution in [0, 0.1) is 62.1 Å². The molecule has 0 spiro atoms. The maximum atomic E-state index is 13.9. The van der Waals surface area contributed by atoms with Crippen molar-refractivity contribution in [3.63, 3.8) is 0 Å². The normalized spacial score (nSPS) is 42.8. The van der Waals surface area contributed by atoms with Gasteiger partial charge in [0.2, 0.25) is 5.91 Å². The number of rotatable bonds is 8. The summed E-state index contributed by atoms with van der Waals surface area (Å²) in [7, 11) is 0. The van der Waals surface area contributed by atoms with Gasteiger partial charge in [-0.1, -0.05) is 71.8 Å². The first-order valence-corrected chi connectivity index (χ1v) is 21.4. The van der Waals surface area contributed by atoms with E-state index in [0.29, 0.717) is 60.6 Å². The number of carboxylic acid groups (broad SMARTS) is 1. The predicted octanol–water partition coefficient (Wildman–Crippen LogP) is 8.43. The lowest BCUT2D eigenvalue weighted by Gasteiger charge is -2.73. The number of carbonyl (C=O) groups is 3. The van der Waals surface area contributed by atoms with E-state index in [1.54, 1.807) is 0 Å². The van der Waals surface area contributed by atoms with Crippen LogP contribution >= 0.6 is 0 Å². The Kier molecular flexibility index (Phi) is 10.0. The van der Waals surface area contributed by atoms with Crippen LogP contribution in [0.3, 0.4) is 0 Å². The van der Waals surface area contributed by atoms with Crippen molar-refractivity contribution >= 4 is 29.0 Å². The van der Waals surface area contributed by atoms with Crippen molar-refractivity contribution in [2.45, 2.75) is 145 Å². The lowest BCUT2D eigenvalue weighted by molar-refractivity contribution is -0.250. The Balaban J connectivity index is 1.23. The molecule has 0 aromatic rings. The molecule has 6 aliphatic rings. The Bertz CT molecular complexity index is 1370. The maximum Gasteiger partial charge on any atom is 0.306 e. The van der Waals surface area contributed by atoms with Gasteiger partial charge in [0.05, 0.1) is 25.9 Å². The molecule has 0 bridgehead atoms. The molecular formula is C42H67NO6S. The van der Waals surface area contributed by atoms with Gasteiger partial charge in [-0.3, -0.25) is 14.4 Å². The van der Waals surface area contributed by atoms with E-state index in [-0.39, 0.29) is 57.9 Å². The quantitative estimate of drug-likeness (QED) is 0.154. The minimum atomic E-state index is -0.886. The molecule has 5 aliphatic carbocycles. The second-order valence-electron chi connectivity index (χ2n) is 20.2. The smallest absolute Gasteiger partial charge is 0.306 e. The summed E-state index contributed by atoms with van der Waals surface area (Å²) in [5.41, 5.74) is 1.05. The van der Waals surface area contributed by atoms with Gasteiger partial charge >= 0.3 is 11.9 Å². The fourth-order valence-electron chi connectivity index (χ4n) is 14.1. The molecule has 0 aromatic heterocycles. The molecule has 282 valence electrons. The summed E-state index contributed by atoms with van der Waals surface area (Å²) in [6.07, 6.45) is 11.8. The molecule has 5 saturated carbocycles. The van der Waals surface area contributed by atoms with Gasteiger partial charge in [0, 0.05) is 11.8 Å². The first-order chi connectivity index (χ1) is 23.2. The van der Waals surface area contributed by atoms with Gasteiger partial charge in [0.15, 0.2) is 0 Å². The van der Waals surface area contributed by atoms with E-state index in [1.807, 2.05) is 18.7 Å². The molecule has 7 nitrogen and oxygen atoms in total. The van der Waals surface area contributed by atoms with E-state index in [0.717, 1.165) is 38.5 Å². The highest BCUT2D eigenvalue weighted by Crippen LogP contribution is 2.78. The van der Waals surface area contributed by atoms with Gasteiger partial charge < -0.3 is 19.3 Å². The van der Waals surface area contributed by atoms with Gasteiger partial charge in [-0.15, -0.1) is 0 Å². The van der Waals surface area contributed by atoms with Crippen molar-refractivity contribution in [2.75, 3.05) is 24.6 Å². The lowest BCUT2D eigenvalue weighted by Crippen LogP contribution is -2.67. The Morgan fingerprint density at radius 1 is 0.880 bits per heavy atom. The molecule has 1 amide bonds. The van der Waals surface area contributed by atoms with Gasteiger partial charge in [-0.2, -0.15) is 0 Å². The molecule has 1 aliphatic heterocycles. The van der Waals surface area contributed by atoms with Crippen LogP contribution in [-0.4, -0.2) is 63.1 Å². The first-order valence-electron chi connectivity index (χ1n) is 19.9. The molecule has 6 rings (SSSR count). The van der Waals surface area contributed by atoms with Crippen molar-refractivity contribution < 1.29 is 28.8 Å². The van der Waals surface area contributed by atoms with Crippen LogP contribution in [0.25, 0.3) is 0 Å². The average Bonchev–Trinajstić information content (AvgIpc) is 3.38. The minimum absolute atomic E-state index is 0.0364. The number of carbonyl (C=O) groups excluding carboxylic acids is 2. The average molecular weight is 714 g/mol. The van der Waals surface area contributed by atoms with E-state index >= 15 is 0 Å². The van der Waals surface area contributed by atoms with Crippen LogP contribution in [0.15, 0.2) is 12.2 Å². The zero-order valence-corrected chi connectivity index (χ0v) is 33.4. The van der Waals surface area contributed by atoms with Gasteiger partial charge in [0.1, 0.15) is 17.6 Å². The van der Waals surface area contributed by atoms with Crippen molar-refractivity contribution in [3.8, 4) is 0 Å². The highest BCUT2D eigenvalue weighted by molar-refractivity contribution is 7.91. The van der Waals surface area contributed by atoms with Crippen molar-refractivity contribution in [3.05, 3.63) is 12.2 Å². The largest absolute Gasteiger partial charge is 0.616 e. The second-order valence-corrected chi connectivity index (χ2v) is 21.9.